The zero-order valence-corrected chi connectivity index (χ0v) is 17.2. The molecule has 8 nitrogen and oxygen atoms in total. The first-order valence-electron chi connectivity index (χ1n) is 10.2. The van der Waals surface area contributed by atoms with Crippen LogP contribution in [0.3, 0.4) is 0 Å². The van der Waals surface area contributed by atoms with E-state index in [-0.39, 0.29) is 12.0 Å². The maximum absolute atomic E-state index is 12.1. The number of carbonyl (C=O) groups is 1. The van der Waals surface area contributed by atoms with Crippen LogP contribution in [0, 0.1) is 0 Å². The molecule has 1 heterocycles. The van der Waals surface area contributed by atoms with E-state index < -0.39 is 0 Å². The highest BCUT2D eigenvalue weighted by Gasteiger charge is 2.21. The van der Waals surface area contributed by atoms with Gasteiger partial charge in [-0.3, -0.25) is 10.2 Å². The predicted octanol–water partition coefficient (Wildman–Crippen LogP) is 2.65. The molecule has 8 heteroatoms. The van der Waals surface area contributed by atoms with Gasteiger partial charge in [0.05, 0.1) is 0 Å². The zero-order chi connectivity index (χ0) is 21.6. The van der Waals surface area contributed by atoms with E-state index in [9.17, 15) is 4.79 Å². The van der Waals surface area contributed by atoms with Gasteiger partial charge < -0.3 is 21.2 Å². The molecule has 0 atom stereocenters. The number of nitrogens with one attached hydrogen (secondary N) is 1. The average molecular weight is 419 g/mol. The molecule has 0 unspecified atom stereocenters. The second-order valence-electron chi connectivity index (χ2n) is 7.47. The Balaban J connectivity index is 1.34. The van der Waals surface area contributed by atoms with Crippen LogP contribution >= 0.6 is 0 Å². The third-order valence-electron chi connectivity index (χ3n) is 5.29. The summed E-state index contributed by atoms with van der Waals surface area (Å²) < 4.78 is 6.10. The molecule has 0 aromatic heterocycles. The fraction of sp³-hybridized carbons (Fsp3) is 0.217. The minimum absolute atomic E-state index is 0.0874. The SMILES string of the molecule is N/N=C(\N)NC(=O)N1CCN(Cc2cccc(Oc3ccc4ccccc4c3)c2)CC1. The normalized spacial score (nSPS) is 15.1. The van der Waals surface area contributed by atoms with Gasteiger partial charge in [0.15, 0.2) is 0 Å². The molecule has 0 aliphatic carbocycles. The summed E-state index contributed by atoms with van der Waals surface area (Å²) in [5.41, 5.74) is 6.61. The summed E-state index contributed by atoms with van der Waals surface area (Å²) in [5, 5.41) is 8.06. The van der Waals surface area contributed by atoms with Gasteiger partial charge in [-0.25, -0.2) is 4.79 Å². The highest BCUT2D eigenvalue weighted by atomic mass is 16.5. The van der Waals surface area contributed by atoms with E-state index in [0.29, 0.717) is 13.1 Å². The van der Waals surface area contributed by atoms with E-state index in [1.165, 1.54) is 5.39 Å². The quantitative estimate of drug-likeness (QED) is 0.261. The smallest absolute Gasteiger partial charge is 0.324 e. The summed E-state index contributed by atoms with van der Waals surface area (Å²) in [4.78, 5) is 16.1. The predicted molar refractivity (Wildman–Crippen MR) is 122 cm³/mol. The van der Waals surface area contributed by atoms with Crippen LogP contribution in [0.2, 0.25) is 0 Å². The number of hydrogen-bond donors (Lipinski definition) is 3. The van der Waals surface area contributed by atoms with Gasteiger partial charge >= 0.3 is 6.03 Å². The first-order valence-corrected chi connectivity index (χ1v) is 10.2. The minimum Gasteiger partial charge on any atom is -0.457 e. The number of hydrogen-bond acceptors (Lipinski definition) is 5. The Kier molecular flexibility index (Phi) is 6.18. The van der Waals surface area contributed by atoms with Crippen LogP contribution in [0.15, 0.2) is 71.8 Å². The summed E-state index contributed by atoms with van der Waals surface area (Å²) >= 11 is 0. The molecule has 31 heavy (non-hydrogen) atoms. The Hall–Kier alpha value is -3.78. The van der Waals surface area contributed by atoms with Crippen molar-refractivity contribution in [2.24, 2.45) is 16.7 Å². The van der Waals surface area contributed by atoms with Gasteiger partial charge in [-0.1, -0.05) is 42.5 Å². The van der Waals surface area contributed by atoms with Crippen molar-refractivity contribution in [2.45, 2.75) is 6.54 Å². The standard InChI is InChI=1S/C23H26N6O2/c24-22(27-25)26-23(30)29-12-10-28(11-13-29)16-17-4-3-7-20(14-17)31-21-9-8-18-5-1-2-6-19(18)15-21/h1-9,14-15H,10-13,16,25H2,(H3,24,26,27,30). The molecule has 1 aliphatic heterocycles. The second kappa shape index (κ2) is 9.36. The third kappa shape index (κ3) is 5.23. The monoisotopic (exact) mass is 418 g/mol. The summed E-state index contributed by atoms with van der Waals surface area (Å²) in [6.45, 7) is 3.54. The molecule has 2 amide bonds. The van der Waals surface area contributed by atoms with Crippen molar-refractivity contribution in [3.8, 4) is 11.5 Å². The first kappa shape index (κ1) is 20.5. The van der Waals surface area contributed by atoms with E-state index >= 15 is 0 Å². The van der Waals surface area contributed by atoms with Gasteiger partial charge in [0.1, 0.15) is 11.5 Å². The summed E-state index contributed by atoms with van der Waals surface area (Å²) in [6, 6.07) is 22.2. The van der Waals surface area contributed by atoms with Crippen molar-refractivity contribution >= 4 is 22.8 Å². The number of nitrogens with zero attached hydrogens (tertiary/aromatic N) is 3. The summed E-state index contributed by atoms with van der Waals surface area (Å²) in [6.07, 6.45) is 0. The Morgan fingerprint density at radius 3 is 2.45 bits per heavy atom. The van der Waals surface area contributed by atoms with Gasteiger partial charge in [0.2, 0.25) is 5.96 Å². The van der Waals surface area contributed by atoms with E-state index in [0.717, 1.165) is 42.1 Å². The van der Waals surface area contributed by atoms with Crippen LogP contribution < -0.4 is 21.6 Å². The zero-order valence-electron chi connectivity index (χ0n) is 17.2. The largest absolute Gasteiger partial charge is 0.457 e. The number of nitrogens with two attached hydrogens (primary N) is 2. The van der Waals surface area contributed by atoms with Crippen LogP contribution in [-0.4, -0.2) is 48.0 Å². The lowest BCUT2D eigenvalue weighted by molar-refractivity contribution is 0.138. The Morgan fingerprint density at radius 1 is 0.935 bits per heavy atom. The van der Waals surface area contributed by atoms with Crippen molar-refractivity contribution in [1.29, 1.82) is 0 Å². The number of piperazine rings is 1. The number of ether oxygens (including phenoxy) is 1. The number of hydrazone groups is 1. The topological polar surface area (TPSA) is 109 Å². The molecule has 0 radical (unpaired) electrons. The number of carbonyl (C=O) groups excluding carboxylic acids is 1. The first-order chi connectivity index (χ1) is 15.1. The molecule has 0 spiro atoms. The van der Waals surface area contributed by atoms with Gasteiger partial charge in [-0.2, -0.15) is 0 Å². The lowest BCUT2D eigenvalue weighted by atomic mass is 10.1. The van der Waals surface area contributed by atoms with Crippen molar-refractivity contribution in [3.05, 3.63) is 72.3 Å². The second-order valence-corrected chi connectivity index (χ2v) is 7.47. The molecule has 0 saturated carbocycles. The van der Waals surface area contributed by atoms with E-state index in [1.54, 1.807) is 4.90 Å². The Labute approximate surface area is 181 Å². The van der Waals surface area contributed by atoms with Gasteiger partial charge in [0, 0.05) is 32.7 Å². The van der Waals surface area contributed by atoms with Crippen LogP contribution in [-0.2, 0) is 6.54 Å². The maximum Gasteiger partial charge on any atom is 0.324 e. The van der Waals surface area contributed by atoms with Crippen molar-refractivity contribution in [1.82, 2.24) is 15.1 Å². The van der Waals surface area contributed by atoms with E-state index in [2.05, 4.69) is 51.7 Å². The number of urea groups is 1. The van der Waals surface area contributed by atoms with Gasteiger partial charge in [-0.15, -0.1) is 5.10 Å². The lowest BCUT2D eigenvalue weighted by Crippen LogP contribution is -2.53. The number of rotatable bonds is 4. The van der Waals surface area contributed by atoms with Crippen molar-refractivity contribution in [3.63, 3.8) is 0 Å². The highest BCUT2D eigenvalue weighted by Crippen LogP contribution is 2.26. The molecule has 4 rings (SSSR count). The fourth-order valence-electron chi connectivity index (χ4n) is 3.66. The third-order valence-corrected chi connectivity index (χ3v) is 5.29. The van der Waals surface area contributed by atoms with Gasteiger partial charge in [-0.05, 0) is 40.6 Å². The molecule has 5 N–H and O–H groups in total. The molecule has 0 bridgehead atoms. The van der Waals surface area contributed by atoms with Crippen molar-refractivity contribution < 1.29 is 9.53 Å². The lowest BCUT2D eigenvalue weighted by Gasteiger charge is -2.34. The fourth-order valence-corrected chi connectivity index (χ4v) is 3.66. The molecule has 1 fully saturated rings. The molecule has 3 aromatic rings. The highest BCUT2D eigenvalue weighted by molar-refractivity contribution is 5.95. The number of benzene rings is 3. The molecular weight excluding hydrogens is 392 g/mol. The van der Waals surface area contributed by atoms with Crippen LogP contribution in [0.1, 0.15) is 5.56 Å². The molecule has 160 valence electrons. The van der Waals surface area contributed by atoms with Crippen LogP contribution in [0.4, 0.5) is 4.79 Å². The summed E-state index contributed by atoms with van der Waals surface area (Å²) in [5.74, 6) is 6.59. The molecule has 1 saturated heterocycles. The maximum atomic E-state index is 12.1. The van der Waals surface area contributed by atoms with Crippen molar-refractivity contribution in [2.75, 3.05) is 26.2 Å². The molecule has 3 aromatic carbocycles. The Morgan fingerprint density at radius 2 is 1.68 bits per heavy atom. The minimum atomic E-state index is -0.280. The molecule has 1 aliphatic rings. The number of guanidine groups is 1. The summed E-state index contributed by atoms with van der Waals surface area (Å²) in [7, 11) is 0. The average Bonchev–Trinajstić information content (AvgIpc) is 2.79. The number of amides is 2. The number of fused-ring (bicyclic) bond motifs is 1. The van der Waals surface area contributed by atoms with E-state index in [1.807, 2.05) is 30.3 Å². The van der Waals surface area contributed by atoms with Crippen LogP contribution in [0.25, 0.3) is 10.8 Å². The Bertz CT molecular complexity index is 1090. The molecular formula is C23H26N6O2. The van der Waals surface area contributed by atoms with Crippen LogP contribution in [0.5, 0.6) is 11.5 Å². The van der Waals surface area contributed by atoms with Gasteiger partial charge in [0.25, 0.3) is 0 Å². The van der Waals surface area contributed by atoms with E-state index in [4.69, 9.17) is 16.3 Å².